The van der Waals surface area contributed by atoms with Crippen LogP contribution >= 0.6 is 0 Å². The van der Waals surface area contributed by atoms with Crippen LogP contribution in [0.4, 0.5) is 0 Å². The van der Waals surface area contributed by atoms with Crippen LogP contribution in [0, 0.1) is 0 Å². The molecule has 0 fully saturated rings. The van der Waals surface area contributed by atoms with Gasteiger partial charge in [0.05, 0.1) is 0 Å². The molecule has 0 aliphatic heterocycles. The second-order valence-electron chi connectivity index (χ2n) is 15.0. The standard InChI is InChI=1S/C44H83NO5/c1-3-5-7-9-11-13-14-15-16-17-18-19-20-21-22-23-24-25-27-29-35-39-44(49)50-41(36-32-28-26-12-10-8-6-4-2)37-33-30-31-34-38-42(46)45-40-43(47)48/h32,36,41H,3-31,33-35,37-40H2,1-2H3,(H,45,46)(H,47,48)/b36-32-. The van der Waals surface area contributed by atoms with Gasteiger partial charge < -0.3 is 15.2 Å². The SMILES string of the molecule is CCCCCCCC/C=C\C(CCCCCCC(=O)NCC(=O)O)OC(=O)CCCCCCCCCCCCCCCCCCCCCCC. The molecule has 6 heteroatoms. The Balaban J connectivity index is 3.93. The average molecular weight is 706 g/mol. The number of carbonyl (C=O) groups is 3. The minimum Gasteiger partial charge on any atom is -0.480 e. The first-order valence-corrected chi connectivity index (χ1v) is 21.8. The molecular weight excluding hydrogens is 622 g/mol. The smallest absolute Gasteiger partial charge is 0.322 e. The molecule has 6 nitrogen and oxygen atoms in total. The number of hydrogen-bond donors (Lipinski definition) is 2. The van der Waals surface area contributed by atoms with Gasteiger partial charge in [-0.15, -0.1) is 0 Å². The largest absolute Gasteiger partial charge is 0.480 e. The van der Waals surface area contributed by atoms with Crippen LogP contribution in [-0.2, 0) is 19.1 Å². The lowest BCUT2D eigenvalue weighted by Gasteiger charge is -2.15. The van der Waals surface area contributed by atoms with Gasteiger partial charge in [0.2, 0.25) is 5.91 Å². The maximum Gasteiger partial charge on any atom is 0.322 e. The van der Waals surface area contributed by atoms with Crippen molar-refractivity contribution in [3.8, 4) is 0 Å². The highest BCUT2D eigenvalue weighted by Crippen LogP contribution is 2.17. The first kappa shape index (κ1) is 48.1. The third-order valence-electron chi connectivity index (χ3n) is 9.92. The van der Waals surface area contributed by atoms with E-state index in [0.29, 0.717) is 12.8 Å². The Labute approximate surface area is 310 Å². The molecule has 0 saturated heterocycles. The highest BCUT2D eigenvalue weighted by Gasteiger charge is 2.12. The average Bonchev–Trinajstić information content (AvgIpc) is 3.10. The first-order chi connectivity index (χ1) is 24.5. The predicted octanol–water partition coefficient (Wildman–Crippen LogP) is 13.3. The van der Waals surface area contributed by atoms with Crippen molar-refractivity contribution in [2.75, 3.05) is 6.54 Å². The van der Waals surface area contributed by atoms with Gasteiger partial charge in [-0.2, -0.15) is 0 Å². The minimum absolute atomic E-state index is 0.0767. The molecule has 0 aromatic rings. The molecule has 50 heavy (non-hydrogen) atoms. The quantitative estimate of drug-likeness (QED) is 0.0376. The molecule has 0 bridgehead atoms. The highest BCUT2D eigenvalue weighted by molar-refractivity contribution is 5.80. The summed E-state index contributed by atoms with van der Waals surface area (Å²) in [5.41, 5.74) is 0. The molecule has 0 radical (unpaired) electrons. The fourth-order valence-corrected chi connectivity index (χ4v) is 6.66. The second-order valence-corrected chi connectivity index (χ2v) is 15.0. The van der Waals surface area contributed by atoms with Gasteiger partial charge in [0.25, 0.3) is 0 Å². The summed E-state index contributed by atoms with van der Waals surface area (Å²) in [4.78, 5) is 34.9. The maximum absolute atomic E-state index is 12.7. The van der Waals surface area contributed by atoms with Crippen molar-refractivity contribution in [2.45, 2.75) is 245 Å². The lowest BCUT2D eigenvalue weighted by atomic mass is 10.0. The Morgan fingerprint density at radius 2 is 0.900 bits per heavy atom. The molecule has 0 heterocycles. The summed E-state index contributed by atoms with van der Waals surface area (Å²) < 4.78 is 5.91. The van der Waals surface area contributed by atoms with Crippen molar-refractivity contribution < 1.29 is 24.2 Å². The fourth-order valence-electron chi connectivity index (χ4n) is 6.66. The molecule has 0 aliphatic carbocycles. The lowest BCUT2D eigenvalue weighted by Crippen LogP contribution is -2.28. The number of rotatable bonds is 40. The molecule has 0 rings (SSSR count). The summed E-state index contributed by atoms with van der Waals surface area (Å²) in [5, 5.41) is 11.1. The van der Waals surface area contributed by atoms with Crippen LogP contribution in [0.1, 0.15) is 239 Å². The molecule has 2 N–H and O–H groups in total. The zero-order chi connectivity index (χ0) is 36.6. The van der Waals surface area contributed by atoms with Crippen molar-refractivity contribution in [2.24, 2.45) is 0 Å². The zero-order valence-corrected chi connectivity index (χ0v) is 33.3. The van der Waals surface area contributed by atoms with E-state index in [-0.39, 0.29) is 24.5 Å². The Hall–Kier alpha value is -1.85. The Bertz CT molecular complexity index is 782. The number of hydrogen-bond acceptors (Lipinski definition) is 4. The van der Waals surface area contributed by atoms with E-state index in [0.717, 1.165) is 51.4 Å². The van der Waals surface area contributed by atoms with Gasteiger partial charge in [0.15, 0.2) is 0 Å². The molecule has 1 amide bonds. The van der Waals surface area contributed by atoms with Crippen molar-refractivity contribution in [3.63, 3.8) is 0 Å². The van der Waals surface area contributed by atoms with E-state index in [2.05, 4.69) is 31.3 Å². The van der Waals surface area contributed by atoms with Crippen LogP contribution < -0.4 is 5.32 Å². The van der Waals surface area contributed by atoms with E-state index in [4.69, 9.17) is 9.84 Å². The molecule has 0 aliphatic rings. The number of amides is 1. The summed E-state index contributed by atoms with van der Waals surface area (Å²) in [6.45, 7) is 4.21. The van der Waals surface area contributed by atoms with Crippen molar-refractivity contribution in [1.29, 1.82) is 0 Å². The number of unbranched alkanes of at least 4 members (excludes halogenated alkanes) is 29. The number of allylic oxidation sites excluding steroid dienone is 1. The molecule has 0 saturated carbocycles. The van der Waals surface area contributed by atoms with Crippen LogP contribution in [0.2, 0.25) is 0 Å². The van der Waals surface area contributed by atoms with Gasteiger partial charge in [-0.25, -0.2) is 0 Å². The van der Waals surface area contributed by atoms with E-state index >= 15 is 0 Å². The fraction of sp³-hybridized carbons (Fsp3) is 0.886. The van der Waals surface area contributed by atoms with Gasteiger partial charge >= 0.3 is 11.9 Å². The third kappa shape index (κ3) is 38.9. The molecule has 1 atom stereocenters. The van der Waals surface area contributed by atoms with E-state index in [1.165, 1.54) is 161 Å². The predicted molar refractivity (Wildman–Crippen MR) is 213 cm³/mol. The third-order valence-corrected chi connectivity index (χ3v) is 9.92. The monoisotopic (exact) mass is 706 g/mol. The lowest BCUT2D eigenvalue weighted by molar-refractivity contribution is -0.147. The number of carboxylic acid groups (broad SMARTS) is 1. The topological polar surface area (TPSA) is 92.7 Å². The van der Waals surface area contributed by atoms with Crippen LogP contribution in [0.5, 0.6) is 0 Å². The van der Waals surface area contributed by atoms with E-state index < -0.39 is 5.97 Å². The van der Waals surface area contributed by atoms with Crippen molar-refractivity contribution in [3.05, 3.63) is 12.2 Å². The van der Waals surface area contributed by atoms with Gasteiger partial charge in [-0.3, -0.25) is 14.4 Å². The number of ether oxygens (including phenoxy) is 1. The van der Waals surface area contributed by atoms with Crippen molar-refractivity contribution in [1.82, 2.24) is 5.32 Å². The van der Waals surface area contributed by atoms with Gasteiger partial charge in [0, 0.05) is 12.8 Å². The first-order valence-electron chi connectivity index (χ1n) is 21.8. The number of carboxylic acids is 1. The van der Waals surface area contributed by atoms with Crippen LogP contribution in [0.3, 0.4) is 0 Å². The number of nitrogens with one attached hydrogen (secondary N) is 1. The van der Waals surface area contributed by atoms with Crippen LogP contribution in [0.25, 0.3) is 0 Å². The second kappa shape index (κ2) is 39.9. The maximum atomic E-state index is 12.7. The Morgan fingerprint density at radius 1 is 0.520 bits per heavy atom. The van der Waals surface area contributed by atoms with Crippen LogP contribution in [0.15, 0.2) is 12.2 Å². The molecule has 1 unspecified atom stereocenters. The summed E-state index contributed by atoms with van der Waals surface area (Å²) in [5.74, 6) is -1.31. The van der Waals surface area contributed by atoms with E-state index in [9.17, 15) is 14.4 Å². The van der Waals surface area contributed by atoms with Crippen LogP contribution in [-0.4, -0.2) is 35.6 Å². The van der Waals surface area contributed by atoms with Crippen molar-refractivity contribution >= 4 is 17.8 Å². The normalized spacial score (nSPS) is 12.0. The molecule has 0 aromatic heterocycles. The highest BCUT2D eigenvalue weighted by atomic mass is 16.5. The van der Waals surface area contributed by atoms with Gasteiger partial charge in [-0.05, 0) is 44.6 Å². The minimum atomic E-state index is -1.02. The molecular formula is C44H83NO5. The van der Waals surface area contributed by atoms with E-state index in [1.54, 1.807) is 0 Å². The number of esters is 1. The summed E-state index contributed by atoms with van der Waals surface area (Å²) in [6, 6.07) is 0. The number of aliphatic carboxylic acids is 1. The molecule has 294 valence electrons. The van der Waals surface area contributed by atoms with Gasteiger partial charge in [-0.1, -0.05) is 193 Å². The summed E-state index contributed by atoms with van der Waals surface area (Å²) in [6.07, 6.45) is 46.5. The summed E-state index contributed by atoms with van der Waals surface area (Å²) >= 11 is 0. The number of carbonyl (C=O) groups excluding carboxylic acids is 2. The molecule has 0 spiro atoms. The Morgan fingerprint density at radius 3 is 1.34 bits per heavy atom. The zero-order valence-electron chi connectivity index (χ0n) is 33.3. The van der Waals surface area contributed by atoms with E-state index in [1.807, 2.05) is 0 Å². The van der Waals surface area contributed by atoms with Gasteiger partial charge in [0.1, 0.15) is 12.6 Å². The summed E-state index contributed by atoms with van der Waals surface area (Å²) in [7, 11) is 0. The Kier molecular flexibility index (Phi) is 38.5. The molecule has 0 aromatic carbocycles.